The lowest BCUT2D eigenvalue weighted by Crippen LogP contribution is -2.58. The van der Waals surface area contributed by atoms with Crippen LogP contribution in [0.2, 0.25) is 18.1 Å². The summed E-state index contributed by atoms with van der Waals surface area (Å²) in [6.07, 6.45) is -0.311. The second kappa shape index (κ2) is 4.28. The predicted octanol–water partition coefficient (Wildman–Crippen LogP) is 1.66. The Bertz CT molecular complexity index is 325. The average Bonchev–Trinajstić information content (AvgIpc) is 2.35. The minimum atomic E-state index is -1.96. The molecule has 106 valence electrons. The lowest BCUT2D eigenvalue weighted by Gasteiger charge is -2.45. The van der Waals surface area contributed by atoms with Crippen molar-refractivity contribution >= 4 is 8.32 Å². The van der Waals surface area contributed by atoms with Gasteiger partial charge in [0.1, 0.15) is 11.7 Å². The number of fused-ring (bicyclic) bond motifs is 2. The van der Waals surface area contributed by atoms with E-state index in [0.29, 0.717) is 19.4 Å². The molecule has 0 radical (unpaired) electrons. The van der Waals surface area contributed by atoms with Crippen LogP contribution in [0.25, 0.3) is 0 Å². The van der Waals surface area contributed by atoms with Crippen molar-refractivity contribution in [3.8, 4) is 0 Å². The van der Waals surface area contributed by atoms with E-state index < -0.39 is 20.0 Å². The van der Waals surface area contributed by atoms with Crippen LogP contribution >= 0.6 is 0 Å². The van der Waals surface area contributed by atoms with Crippen molar-refractivity contribution in [3.05, 3.63) is 0 Å². The van der Waals surface area contributed by atoms with Crippen LogP contribution in [0.3, 0.4) is 0 Å². The summed E-state index contributed by atoms with van der Waals surface area (Å²) in [5.41, 5.74) is -1.11. The Labute approximate surface area is 110 Å². The summed E-state index contributed by atoms with van der Waals surface area (Å²) in [4.78, 5) is 0. The molecule has 0 unspecified atom stereocenters. The van der Waals surface area contributed by atoms with Crippen molar-refractivity contribution < 1.29 is 19.4 Å². The second-order valence-corrected chi connectivity index (χ2v) is 12.0. The molecule has 5 heteroatoms. The maximum Gasteiger partial charge on any atom is 0.192 e. The highest BCUT2D eigenvalue weighted by atomic mass is 28.4. The fourth-order valence-electron chi connectivity index (χ4n) is 2.57. The first-order chi connectivity index (χ1) is 8.08. The SMILES string of the molecule is CC(C)(C)[Si](C)(C)O[C@@H]1[C@@H]2C[C@@H](O)[C@@]1(O)CCO2. The normalized spacial score (nSPS) is 41.2. The highest BCUT2D eigenvalue weighted by Gasteiger charge is 2.59. The Morgan fingerprint density at radius 1 is 1.33 bits per heavy atom. The zero-order chi connectivity index (χ0) is 13.8. The lowest BCUT2D eigenvalue weighted by atomic mass is 9.92. The Balaban J connectivity index is 2.20. The largest absolute Gasteiger partial charge is 0.408 e. The quantitative estimate of drug-likeness (QED) is 0.752. The minimum absolute atomic E-state index is 0.0885. The molecule has 0 amide bonds. The Kier molecular flexibility index (Phi) is 3.44. The molecule has 4 atom stereocenters. The van der Waals surface area contributed by atoms with Gasteiger partial charge in [0.05, 0.1) is 18.8 Å². The zero-order valence-electron chi connectivity index (χ0n) is 12.1. The summed E-state index contributed by atoms with van der Waals surface area (Å²) in [6.45, 7) is 11.4. The van der Waals surface area contributed by atoms with Crippen LogP contribution in [0.5, 0.6) is 0 Å². The van der Waals surface area contributed by atoms with E-state index in [2.05, 4.69) is 33.9 Å². The third-order valence-corrected chi connectivity index (χ3v) is 9.38. The van der Waals surface area contributed by atoms with E-state index in [9.17, 15) is 10.2 Å². The maximum absolute atomic E-state index is 10.6. The number of hydrogen-bond acceptors (Lipinski definition) is 4. The molecular formula is C13H26O4Si. The molecular weight excluding hydrogens is 248 g/mol. The highest BCUT2D eigenvalue weighted by molar-refractivity contribution is 6.74. The molecule has 0 aromatic rings. The molecule has 0 spiro atoms. The van der Waals surface area contributed by atoms with Crippen molar-refractivity contribution in [1.82, 2.24) is 0 Å². The van der Waals surface area contributed by atoms with Gasteiger partial charge in [-0.05, 0) is 18.1 Å². The molecule has 1 aliphatic carbocycles. The number of aliphatic hydroxyl groups excluding tert-OH is 1. The van der Waals surface area contributed by atoms with Gasteiger partial charge < -0.3 is 19.4 Å². The van der Waals surface area contributed by atoms with Gasteiger partial charge >= 0.3 is 0 Å². The van der Waals surface area contributed by atoms with Gasteiger partial charge in [0.2, 0.25) is 0 Å². The van der Waals surface area contributed by atoms with Crippen molar-refractivity contribution in [2.45, 2.75) is 75.7 Å². The van der Waals surface area contributed by atoms with Crippen molar-refractivity contribution in [2.24, 2.45) is 0 Å². The Hall–Kier alpha value is 0.0569. The third-order valence-electron chi connectivity index (χ3n) is 4.93. The van der Waals surface area contributed by atoms with Crippen LogP contribution in [-0.4, -0.2) is 49.1 Å². The first kappa shape index (κ1) is 14.5. The van der Waals surface area contributed by atoms with Crippen LogP contribution in [0.4, 0.5) is 0 Å². The monoisotopic (exact) mass is 274 g/mol. The number of aliphatic hydroxyl groups is 2. The van der Waals surface area contributed by atoms with Gasteiger partial charge in [-0.15, -0.1) is 0 Å². The highest BCUT2D eigenvalue weighted by Crippen LogP contribution is 2.46. The van der Waals surface area contributed by atoms with E-state index in [1.807, 2.05) is 0 Å². The molecule has 0 aromatic heterocycles. The standard InChI is InChI=1S/C13H26O4Si/c1-12(2,3)18(4,5)17-11-9-8-10(14)13(11,15)6-7-16-9/h9-11,14-15H,6-8H2,1-5H3/t9-,10+,11+,13-/m0/s1. The fourth-order valence-corrected chi connectivity index (χ4v) is 3.91. The molecule has 2 fully saturated rings. The number of rotatable bonds is 2. The molecule has 4 nitrogen and oxygen atoms in total. The molecule has 1 heterocycles. The predicted molar refractivity (Wildman–Crippen MR) is 72.0 cm³/mol. The first-order valence-corrected chi connectivity index (χ1v) is 9.68. The molecule has 1 saturated carbocycles. The maximum atomic E-state index is 10.6. The van der Waals surface area contributed by atoms with Crippen LogP contribution in [0.15, 0.2) is 0 Å². The summed E-state index contributed by atoms with van der Waals surface area (Å²) < 4.78 is 12.0. The fraction of sp³-hybridized carbons (Fsp3) is 1.00. The van der Waals surface area contributed by atoms with E-state index in [4.69, 9.17) is 9.16 Å². The lowest BCUT2D eigenvalue weighted by molar-refractivity contribution is -0.167. The smallest absolute Gasteiger partial charge is 0.192 e. The van der Waals surface area contributed by atoms with Crippen LogP contribution in [0.1, 0.15) is 33.6 Å². The van der Waals surface area contributed by atoms with Crippen molar-refractivity contribution in [1.29, 1.82) is 0 Å². The van der Waals surface area contributed by atoms with Gasteiger partial charge in [-0.2, -0.15) is 0 Å². The summed E-state index contributed by atoms with van der Waals surface area (Å²) in [5, 5.41) is 20.8. The van der Waals surface area contributed by atoms with Gasteiger partial charge in [-0.25, -0.2) is 0 Å². The molecule has 1 saturated heterocycles. The van der Waals surface area contributed by atoms with Crippen molar-refractivity contribution in [2.75, 3.05) is 6.61 Å². The van der Waals surface area contributed by atoms with Gasteiger partial charge in [-0.3, -0.25) is 0 Å². The van der Waals surface area contributed by atoms with Gasteiger partial charge in [0.15, 0.2) is 8.32 Å². The molecule has 18 heavy (non-hydrogen) atoms. The molecule has 2 rings (SSSR count). The van der Waals surface area contributed by atoms with E-state index >= 15 is 0 Å². The number of hydrogen-bond donors (Lipinski definition) is 2. The van der Waals surface area contributed by atoms with Crippen LogP contribution in [-0.2, 0) is 9.16 Å². The topological polar surface area (TPSA) is 58.9 Å². The first-order valence-electron chi connectivity index (χ1n) is 6.78. The molecule has 1 aliphatic heterocycles. The Morgan fingerprint density at radius 3 is 2.44 bits per heavy atom. The van der Waals surface area contributed by atoms with E-state index in [1.165, 1.54) is 0 Å². The second-order valence-electron chi connectivity index (χ2n) is 7.20. The zero-order valence-corrected chi connectivity index (χ0v) is 13.1. The van der Waals surface area contributed by atoms with Gasteiger partial charge in [-0.1, -0.05) is 20.8 Å². The summed E-state index contributed by atoms with van der Waals surface area (Å²) in [6, 6.07) is 0. The Morgan fingerprint density at radius 2 is 1.94 bits per heavy atom. The molecule has 2 bridgehead atoms. The van der Waals surface area contributed by atoms with E-state index in [1.54, 1.807) is 0 Å². The van der Waals surface area contributed by atoms with Gasteiger partial charge in [0, 0.05) is 12.8 Å². The van der Waals surface area contributed by atoms with Gasteiger partial charge in [0.25, 0.3) is 0 Å². The minimum Gasteiger partial charge on any atom is -0.408 e. The van der Waals surface area contributed by atoms with E-state index in [-0.39, 0.29) is 17.2 Å². The third kappa shape index (κ3) is 2.16. The van der Waals surface area contributed by atoms with Crippen molar-refractivity contribution in [3.63, 3.8) is 0 Å². The number of ether oxygens (including phenoxy) is 1. The van der Waals surface area contributed by atoms with E-state index in [0.717, 1.165) is 0 Å². The van der Waals surface area contributed by atoms with Crippen LogP contribution in [0, 0.1) is 0 Å². The summed E-state index contributed by atoms with van der Waals surface area (Å²) in [5.74, 6) is 0. The van der Waals surface area contributed by atoms with Crippen LogP contribution < -0.4 is 0 Å². The average molecular weight is 274 g/mol. The molecule has 2 aliphatic rings. The molecule has 0 aromatic carbocycles. The summed E-state index contributed by atoms with van der Waals surface area (Å²) in [7, 11) is -1.96. The molecule has 2 N–H and O–H groups in total. The summed E-state index contributed by atoms with van der Waals surface area (Å²) >= 11 is 0.